The van der Waals surface area contributed by atoms with Crippen LogP contribution in [0.15, 0.2) is 17.2 Å². The fourth-order valence-electron chi connectivity index (χ4n) is 4.06. The number of Topliss-reactive ketones (excluding diaryl/α,β-unsaturated/α-hetero) is 1. The van der Waals surface area contributed by atoms with Crippen molar-refractivity contribution in [2.24, 2.45) is 0 Å². The monoisotopic (exact) mass is 393 g/mol. The van der Waals surface area contributed by atoms with Gasteiger partial charge in [-0.1, -0.05) is 42.5 Å². The number of pyridine rings is 1. The Kier molecular flexibility index (Phi) is 4.16. The standard InChI is InChI=1S/C17H17Cl2N5O2/c18-9-6-10(23-15-12(19)14(20)21-8-22-15)16(26)24-13(9)11(25)7-17(24)4-2-1-3-5-17/h6,8H,1-5,7H2,(H3,20,21,22,23). The largest absolute Gasteiger partial charge is 0.382 e. The minimum atomic E-state index is -0.475. The number of nitrogen functional groups attached to an aromatic ring is 1. The molecule has 9 heteroatoms. The molecule has 1 saturated carbocycles. The number of hydrogen-bond donors (Lipinski definition) is 2. The highest BCUT2D eigenvalue weighted by Gasteiger charge is 2.46. The van der Waals surface area contributed by atoms with Crippen LogP contribution in [0.4, 0.5) is 17.3 Å². The molecule has 1 spiro atoms. The minimum Gasteiger partial charge on any atom is -0.382 e. The van der Waals surface area contributed by atoms with Gasteiger partial charge in [0, 0.05) is 6.42 Å². The molecule has 2 aliphatic rings. The van der Waals surface area contributed by atoms with E-state index in [0.717, 1.165) is 32.1 Å². The van der Waals surface area contributed by atoms with Crippen LogP contribution in [0, 0.1) is 0 Å². The van der Waals surface area contributed by atoms with Crippen LogP contribution in [0.3, 0.4) is 0 Å². The average Bonchev–Trinajstić information content (AvgIpc) is 2.89. The molecule has 0 atom stereocenters. The van der Waals surface area contributed by atoms with Gasteiger partial charge in [-0.15, -0.1) is 0 Å². The summed E-state index contributed by atoms with van der Waals surface area (Å²) in [6.45, 7) is 0. The Morgan fingerprint density at radius 2 is 1.88 bits per heavy atom. The van der Waals surface area contributed by atoms with Crippen LogP contribution in [-0.4, -0.2) is 20.3 Å². The van der Waals surface area contributed by atoms with E-state index in [0.29, 0.717) is 12.1 Å². The Labute approximate surface area is 159 Å². The number of ketones is 1. The number of carbonyl (C=O) groups is 1. The fraction of sp³-hybridized carbons (Fsp3) is 0.412. The van der Waals surface area contributed by atoms with E-state index < -0.39 is 5.54 Å². The minimum absolute atomic E-state index is 0.0788. The van der Waals surface area contributed by atoms with Crippen LogP contribution in [-0.2, 0) is 5.54 Å². The molecule has 4 rings (SSSR count). The van der Waals surface area contributed by atoms with Crippen LogP contribution in [0.1, 0.15) is 49.0 Å². The van der Waals surface area contributed by atoms with E-state index in [1.54, 1.807) is 4.57 Å². The van der Waals surface area contributed by atoms with Crippen molar-refractivity contribution in [3.63, 3.8) is 0 Å². The van der Waals surface area contributed by atoms with E-state index >= 15 is 0 Å². The Hall–Kier alpha value is -2.12. The third-order valence-electron chi connectivity index (χ3n) is 5.24. The SMILES string of the molecule is Nc1ncnc(Nc2cc(Cl)c3n(c2=O)C2(CCCCC2)CC3=O)c1Cl. The lowest BCUT2D eigenvalue weighted by Crippen LogP contribution is -2.40. The second kappa shape index (κ2) is 6.25. The molecule has 3 heterocycles. The molecule has 26 heavy (non-hydrogen) atoms. The number of nitrogens with zero attached hydrogens (tertiary/aromatic N) is 3. The summed E-state index contributed by atoms with van der Waals surface area (Å²) in [6.07, 6.45) is 6.27. The van der Waals surface area contributed by atoms with Crippen molar-refractivity contribution >= 4 is 46.3 Å². The van der Waals surface area contributed by atoms with Gasteiger partial charge in [0.05, 0.1) is 10.6 Å². The third-order valence-corrected chi connectivity index (χ3v) is 5.90. The van der Waals surface area contributed by atoms with Gasteiger partial charge in [-0.2, -0.15) is 0 Å². The molecule has 0 aromatic carbocycles. The molecule has 1 fully saturated rings. The van der Waals surface area contributed by atoms with Crippen LogP contribution < -0.4 is 16.6 Å². The van der Waals surface area contributed by atoms with Gasteiger partial charge in [0.25, 0.3) is 5.56 Å². The number of anilines is 3. The van der Waals surface area contributed by atoms with E-state index in [9.17, 15) is 9.59 Å². The van der Waals surface area contributed by atoms with Gasteiger partial charge < -0.3 is 11.1 Å². The predicted molar refractivity (Wildman–Crippen MR) is 100 cm³/mol. The number of nitrogens with two attached hydrogens (primary N) is 1. The number of fused-ring (bicyclic) bond motifs is 2. The second-order valence-electron chi connectivity index (χ2n) is 6.83. The molecule has 136 valence electrons. The molecular formula is C17H17Cl2N5O2. The summed E-state index contributed by atoms with van der Waals surface area (Å²) in [7, 11) is 0. The zero-order valence-electron chi connectivity index (χ0n) is 13.9. The molecule has 0 unspecified atom stereocenters. The van der Waals surface area contributed by atoms with Crippen molar-refractivity contribution in [2.75, 3.05) is 11.1 Å². The summed E-state index contributed by atoms with van der Waals surface area (Å²) in [4.78, 5) is 33.6. The van der Waals surface area contributed by atoms with Crippen molar-refractivity contribution in [1.29, 1.82) is 0 Å². The average molecular weight is 394 g/mol. The molecule has 0 amide bonds. The number of hydrogen-bond acceptors (Lipinski definition) is 6. The van der Waals surface area contributed by atoms with Crippen LogP contribution in [0.25, 0.3) is 0 Å². The topological polar surface area (TPSA) is 103 Å². The zero-order chi connectivity index (χ0) is 18.5. The van der Waals surface area contributed by atoms with Crippen molar-refractivity contribution in [3.8, 4) is 0 Å². The summed E-state index contributed by atoms with van der Waals surface area (Å²) in [5.74, 6) is 0.246. The van der Waals surface area contributed by atoms with Crippen molar-refractivity contribution in [1.82, 2.24) is 14.5 Å². The lowest BCUT2D eigenvalue weighted by molar-refractivity contribution is 0.0950. The number of carbonyl (C=O) groups excluding carboxylic acids is 1. The molecule has 2 aromatic heterocycles. The van der Waals surface area contributed by atoms with Gasteiger partial charge in [-0.3, -0.25) is 14.2 Å². The molecule has 1 aliphatic carbocycles. The Morgan fingerprint density at radius 3 is 2.62 bits per heavy atom. The highest BCUT2D eigenvalue weighted by atomic mass is 35.5. The number of halogens is 2. The van der Waals surface area contributed by atoms with Crippen LogP contribution in [0.5, 0.6) is 0 Å². The lowest BCUT2D eigenvalue weighted by Gasteiger charge is -2.35. The lowest BCUT2D eigenvalue weighted by atomic mass is 9.80. The third kappa shape index (κ3) is 2.57. The van der Waals surface area contributed by atoms with E-state index in [4.69, 9.17) is 28.9 Å². The number of aromatic nitrogens is 3. The number of nitrogens with one attached hydrogen (secondary N) is 1. The highest BCUT2D eigenvalue weighted by Crippen LogP contribution is 2.44. The van der Waals surface area contributed by atoms with Gasteiger partial charge >= 0.3 is 0 Å². The highest BCUT2D eigenvalue weighted by molar-refractivity contribution is 6.35. The second-order valence-corrected chi connectivity index (χ2v) is 7.61. The molecule has 2 aromatic rings. The van der Waals surface area contributed by atoms with Crippen molar-refractivity contribution in [3.05, 3.63) is 38.5 Å². The van der Waals surface area contributed by atoms with Gasteiger partial charge in [0.15, 0.2) is 11.6 Å². The molecule has 0 bridgehead atoms. The van der Waals surface area contributed by atoms with Crippen molar-refractivity contribution in [2.45, 2.75) is 44.1 Å². The summed E-state index contributed by atoms with van der Waals surface area (Å²) >= 11 is 12.5. The molecule has 7 nitrogen and oxygen atoms in total. The van der Waals surface area contributed by atoms with Gasteiger partial charge in [0.1, 0.15) is 28.5 Å². The first-order chi connectivity index (χ1) is 12.4. The Morgan fingerprint density at radius 1 is 1.15 bits per heavy atom. The molecule has 3 N–H and O–H groups in total. The number of rotatable bonds is 2. The van der Waals surface area contributed by atoms with E-state index in [2.05, 4.69) is 15.3 Å². The summed E-state index contributed by atoms with van der Waals surface area (Å²) in [5, 5.41) is 3.27. The smallest absolute Gasteiger partial charge is 0.275 e. The van der Waals surface area contributed by atoms with Gasteiger partial charge in [-0.25, -0.2) is 9.97 Å². The van der Waals surface area contributed by atoms with Gasteiger partial charge in [0.2, 0.25) is 0 Å². The normalized spacial score (nSPS) is 18.2. The molecule has 0 saturated heterocycles. The predicted octanol–water partition coefficient (Wildman–Crippen LogP) is 3.52. The summed E-state index contributed by atoms with van der Waals surface area (Å²) < 4.78 is 1.59. The maximum atomic E-state index is 13.2. The maximum Gasteiger partial charge on any atom is 0.275 e. The fourth-order valence-corrected chi connectivity index (χ4v) is 4.50. The van der Waals surface area contributed by atoms with E-state index in [1.807, 2.05) is 0 Å². The van der Waals surface area contributed by atoms with Crippen molar-refractivity contribution < 1.29 is 4.79 Å². The quantitative estimate of drug-likeness (QED) is 0.808. The molecule has 1 aliphatic heterocycles. The summed E-state index contributed by atoms with van der Waals surface area (Å²) in [5.41, 5.74) is 5.42. The summed E-state index contributed by atoms with van der Waals surface area (Å²) in [6, 6.07) is 1.45. The molecular weight excluding hydrogens is 377 g/mol. The van der Waals surface area contributed by atoms with E-state index in [-0.39, 0.29) is 38.7 Å². The first kappa shape index (κ1) is 17.3. The van der Waals surface area contributed by atoms with Gasteiger partial charge in [-0.05, 0) is 18.9 Å². The first-order valence-electron chi connectivity index (χ1n) is 8.45. The maximum absolute atomic E-state index is 13.2. The molecule has 0 radical (unpaired) electrons. The Bertz CT molecular complexity index is 966. The van der Waals surface area contributed by atoms with Crippen LogP contribution >= 0.6 is 23.2 Å². The zero-order valence-corrected chi connectivity index (χ0v) is 15.4. The first-order valence-corrected chi connectivity index (χ1v) is 9.21. The Balaban J connectivity index is 1.86. The van der Waals surface area contributed by atoms with E-state index in [1.165, 1.54) is 12.4 Å². The van der Waals surface area contributed by atoms with Crippen LogP contribution in [0.2, 0.25) is 10.0 Å².